The fourth-order valence-electron chi connectivity index (χ4n) is 4.34. The second-order valence-electron chi connectivity index (χ2n) is 8.72. The summed E-state index contributed by atoms with van der Waals surface area (Å²) in [5.41, 5.74) is 3.06. The second kappa shape index (κ2) is 9.27. The van der Waals surface area contributed by atoms with Crippen molar-refractivity contribution in [3.05, 3.63) is 83.3 Å². The van der Waals surface area contributed by atoms with Gasteiger partial charge < -0.3 is 9.42 Å². The molecule has 3 aromatic rings. The zero-order valence-corrected chi connectivity index (χ0v) is 19.4. The monoisotopic (exact) mass is 471 g/mol. The van der Waals surface area contributed by atoms with Crippen LogP contribution in [0.3, 0.4) is 0 Å². The van der Waals surface area contributed by atoms with Gasteiger partial charge >= 0.3 is 0 Å². The van der Waals surface area contributed by atoms with Crippen molar-refractivity contribution in [2.24, 2.45) is 0 Å². The van der Waals surface area contributed by atoms with Crippen LogP contribution in [0.15, 0.2) is 59.6 Å². The predicted octanol–water partition coefficient (Wildman–Crippen LogP) is 2.79. The molecule has 9 heteroatoms. The Morgan fingerprint density at radius 3 is 2.46 bits per heavy atom. The number of aryl methyl sites for hydroxylation is 1. The lowest BCUT2D eigenvalue weighted by atomic mass is 10.0. The first kappa shape index (κ1) is 22.7. The molecular weight excluding hydrogens is 446 g/mol. The van der Waals surface area contributed by atoms with Gasteiger partial charge in [0, 0.05) is 43.9 Å². The third kappa shape index (κ3) is 4.38. The summed E-state index contributed by atoms with van der Waals surface area (Å²) in [5, 5.41) is 4.08. The Kier molecular flexibility index (Phi) is 6.00. The predicted molar refractivity (Wildman–Crippen MR) is 128 cm³/mol. The van der Waals surface area contributed by atoms with E-state index in [0.29, 0.717) is 55.6 Å². The third-order valence-corrected chi connectivity index (χ3v) is 6.33. The second-order valence-corrected chi connectivity index (χ2v) is 8.72. The van der Waals surface area contributed by atoms with Crippen LogP contribution in [0.1, 0.15) is 42.5 Å². The van der Waals surface area contributed by atoms with Gasteiger partial charge in [0.15, 0.2) is 0 Å². The van der Waals surface area contributed by atoms with Gasteiger partial charge in [-0.2, -0.15) is 4.98 Å². The van der Waals surface area contributed by atoms with Crippen LogP contribution in [-0.4, -0.2) is 75.3 Å². The summed E-state index contributed by atoms with van der Waals surface area (Å²) in [6.07, 6.45) is 1.50. The average molecular weight is 472 g/mol. The molecule has 1 saturated heterocycles. The number of nitrogens with zero attached hydrogens (tertiary/aromatic N) is 5. The van der Waals surface area contributed by atoms with Crippen LogP contribution in [0.4, 0.5) is 0 Å². The van der Waals surface area contributed by atoms with Crippen LogP contribution in [-0.2, 0) is 6.54 Å². The molecule has 0 radical (unpaired) electrons. The number of benzene rings is 2. The maximum absolute atomic E-state index is 13.1. The van der Waals surface area contributed by atoms with E-state index in [2.05, 4.69) is 21.6 Å². The lowest BCUT2D eigenvalue weighted by Gasteiger charge is -2.34. The number of piperazine rings is 1. The Morgan fingerprint density at radius 2 is 1.74 bits per heavy atom. The largest absolute Gasteiger partial charge is 0.338 e. The van der Waals surface area contributed by atoms with E-state index in [1.165, 1.54) is 17.7 Å². The number of carbonyl (C=O) groups is 3. The number of aromatic nitrogens is 2. The van der Waals surface area contributed by atoms with Crippen LogP contribution in [0.5, 0.6) is 0 Å². The summed E-state index contributed by atoms with van der Waals surface area (Å²) in [7, 11) is 0. The third-order valence-electron chi connectivity index (χ3n) is 6.33. The van der Waals surface area contributed by atoms with Crippen molar-refractivity contribution in [3.8, 4) is 11.4 Å². The summed E-state index contributed by atoms with van der Waals surface area (Å²) in [6, 6.07) is 12.6. The minimum Gasteiger partial charge on any atom is -0.338 e. The summed E-state index contributed by atoms with van der Waals surface area (Å²) >= 11 is 0. The maximum Gasteiger partial charge on any atom is 0.261 e. The van der Waals surface area contributed by atoms with E-state index in [9.17, 15) is 14.4 Å². The summed E-state index contributed by atoms with van der Waals surface area (Å²) in [4.78, 5) is 47.6. The van der Waals surface area contributed by atoms with Gasteiger partial charge in [0.05, 0.1) is 17.7 Å². The average Bonchev–Trinajstić information content (AvgIpc) is 3.43. The number of hydrogen-bond donors (Lipinski definition) is 0. The number of fused-ring (bicyclic) bond motifs is 1. The summed E-state index contributed by atoms with van der Waals surface area (Å²) < 4.78 is 5.43. The molecule has 0 aliphatic carbocycles. The van der Waals surface area contributed by atoms with E-state index in [4.69, 9.17) is 4.52 Å². The molecule has 0 saturated carbocycles. The van der Waals surface area contributed by atoms with Crippen molar-refractivity contribution in [1.82, 2.24) is 24.8 Å². The first-order chi connectivity index (χ1) is 16.9. The molecule has 35 heavy (non-hydrogen) atoms. The van der Waals surface area contributed by atoms with E-state index in [1.807, 2.05) is 31.2 Å². The molecule has 0 bridgehead atoms. The highest BCUT2D eigenvalue weighted by Crippen LogP contribution is 2.25. The summed E-state index contributed by atoms with van der Waals surface area (Å²) in [6.45, 7) is 8.64. The first-order valence-corrected chi connectivity index (χ1v) is 11.5. The highest BCUT2D eigenvalue weighted by atomic mass is 16.5. The van der Waals surface area contributed by atoms with Crippen molar-refractivity contribution in [2.75, 3.05) is 32.7 Å². The Morgan fingerprint density at radius 1 is 1.03 bits per heavy atom. The molecule has 0 atom stereocenters. The molecular formula is C26H25N5O4. The molecule has 0 N–H and O–H groups in total. The normalized spacial score (nSPS) is 16.0. The number of rotatable bonds is 6. The van der Waals surface area contributed by atoms with Gasteiger partial charge in [0.2, 0.25) is 11.7 Å². The molecule has 2 aliphatic heterocycles. The van der Waals surface area contributed by atoms with Gasteiger partial charge in [0.1, 0.15) is 0 Å². The molecule has 2 aromatic carbocycles. The van der Waals surface area contributed by atoms with Crippen LogP contribution in [0, 0.1) is 6.92 Å². The topological polar surface area (TPSA) is 99.9 Å². The quantitative estimate of drug-likeness (QED) is 0.403. The smallest absolute Gasteiger partial charge is 0.261 e. The Labute approximate surface area is 202 Å². The minimum atomic E-state index is -0.395. The van der Waals surface area contributed by atoms with Crippen LogP contribution >= 0.6 is 0 Å². The molecule has 3 heterocycles. The van der Waals surface area contributed by atoms with Gasteiger partial charge in [-0.15, -0.1) is 6.58 Å². The van der Waals surface area contributed by atoms with E-state index in [-0.39, 0.29) is 23.9 Å². The Balaban J connectivity index is 1.20. The van der Waals surface area contributed by atoms with Crippen LogP contribution < -0.4 is 0 Å². The van der Waals surface area contributed by atoms with Gasteiger partial charge in [-0.1, -0.05) is 41.1 Å². The molecule has 0 spiro atoms. The van der Waals surface area contributed by atoms with E-state index in [1.54, 1.807) is 17.0 Å². The fraction of sp³-hybridized carbons (Fsp3) is 0.269. The molecule has 0 unspecified atom stereocenters. The van der Waals surface area contributed by atoms with Crippen molar-refractivity contribution in [2.45, 2.75) is 13.5 Å². The van der Waals surface area contributed by atoms with Gasteiger partial charge in [0.25, 0.3) is 17.7 Å². The molecule has 2 aliphatic rings. The molecule has 1 aromatic heterocycles. The van der Waals surface area contributed by atoms with E-state index < -0.39 is 5.91 Å². The summed E-state index contributed by atoms with van der Waals surface area (Å²) in [5.74, 6) is 0.184. The van der Waals surface area contributed by atoms with Crippen molar-refractivity contribution < 1.29 is 18.9 Å². The highest BCUT2D eigenvalue weighted by molar-refractivity contribution is 6.22. The van der Waals surface area contributed by atoms with E-state index >= 15 is 0 Å². The van der Waals surface area contributed by atoms with Crippen LogP contribution in [0.2, 0.25) is 0 Å². The molecule has 1 fully saturated rings. The van der Waals surface area contributed by atoms with E-state index in [0.717, 1.165) is 10.5 Å². The molecule has 3 amide bonds. The fourth-order valence-corrected chi connectivity index (χ4v) is 4.34. The zero-order valence-electron chi connectivity index (χ0n) is 19.4. The van der Waals surface area contributed by atoms with Crippen molar-refractivity contribution in [3.63, 3.8) is 0 Å². The first-order valence-electron chi connectivity index (χ1n) is 11.5. The Bertz CT molecular complexity index is 1310. The minimum absolute atomic E-state index is 0.143. The van der Waals surface area contributed by atoms with Crippen LogP contribution in [0.25, 0.3) is 11.4 Å². The SMILES string of the molecule is C=CCN1C(=O)c2ccc(C(=O)N3CCN(Cc4nc(-c5ccc(C)cc5)no4)CC3)cc2C1=O. The van der Waals surface area contributed by atoms with Gasteiger partial charge in [-0.25, -0.2) is 0 Å². The molecule has 178 valence electrons. The highest BCUT2D eigenvalue weighted by Gasteiger charge is 2.35. The molecule has 9 nitrogen and oxygen atoms in total. The standard InChI is InChI=1S/C26H25N5O4/c1-3-10-31-25(33)20-9-8-19(15-21(20)26(31)34)24(32)30-13-11-29(12-14-30)16-22-27-23(28-35-22)18-6-4-17(2)5-7-18/h3-9,15H,1,10-14,16H2,2H3. The lowest BCUT2D eigenvalue weighted by Crippen LogP contribution is -2.48. The van der Waals surface area contributed by atoms with Gasteiger partial charge in [-0.3, -0.25) is 24.2 Å². The Hall–Kier alpha value is -4.11. The number of amides is 3. The van der Waals surface area contributed by atoms with Crippen molar-refractivity contribution in [1.29, 1.82) is 0 Å². The zero-order chi connectivity index (χ0) is 24.5. The maximum atomic E-state index is 13.1. The number of carbonyl (C=O) groups excluding carboxylic acids is 3. The van der Waals surface area contributed by atoms with Crippen molar-refractivity contribution >= 4 is 17.7 Å². The molecule has 5 rings (SSSR count). The number of hydrogen-bond acceptors (Lipinski definition) is 7. The number of imide groups is 1. The van der Waals surface area contributed by atoms with Gasteiger partial charge in [-0.05, 0) is 25.1 Å². The lowest BCUT2D eigenvalue weighted by molar-refractivity contribution is 0.0614.